The molecule has 2 heterocycles. The summed E-state index contributed by atoms with van der Waals surface area (Å²) in [5.74, 6) is 0. The van der Waals surface area contributed by atoms with Crippen molar-refractivity contribution in [2.45, 2.75) is 89.1 Å². The molecule has 2 aliphatic rings. The van der Waals surface area contributed by atoms with Crippen LogP contribution in [0, 0.1) is 0 Å². The minimum absolute atomic E-state index is 0.142. The number of carbonyl (C=O) groups is 1. The predicted octanol–water partition coefficient (Wildman–Crippen LogP) is 4.09. The summed E-state index contributed by atoms with van der Waals surface area (Å²) >= 11 is -1.94. The van der Waals surface area contributed by atoms with Gasteiger partial charge in [0.2, 0.25) is 11.3 Å². The Morgan fingerprint density at radius 2 is 1.84 bits per heavy atom. The summed E-state index contributed by atoms with van der Waals surface area (Å²) in [4.78, 5) is 18.4. The number of rotatable bonds is 16. The van der Waals surface area contributed by atoms with Gasteiger partial charge in [-0.25, -0.2) is 9.00 Å². The lowest BCUT2D eigenvalue weighted by atomic mass is 9.78. The van der Waals surface area contributed by atoms with Crippen LogP contribution in [0.1, 0.15) is 82.6 Å². The molecule has 1 saturated heterocycles. The highest BCUT2D eigenvalue weighted by Crippen LogP contribution is 2.39. The van der Waals surface area contributed by atoms with Gasteiger partial charge in [0, 0.05) is 50.7 Å². The van der Waals surface area contributed by atoms with Gasteiger partial charge < -0.3 is 15.4 Å². The molecule has 0 radical (unpaired) electrons. The molecule has 1 aliphatic heterocycles. The first kappa shape index (κ1) is 30.0. The molecular formula is C27H47N5O4S. The van der Waals surface area contributed by atoms with Crippen LogP contribution in [0.15, 0.2) is 24.5 Å². The molecule has 1 unspecified atom stereocenters. The first-order valence-corrected chi connectivity index (χ1v) is 15.2. The Morgan fingerprint density at radius 1 is 1.08 bits per heavy atom. The van der Waals surface area contributed by atoms with Gasteiger partial charge in [-0.1, -0.05) is 51.0 Å². The fourth-order valence-corrected chi connectivity index (χ4v) is 6.53. The minimum atomic E-state index is -1.94. The molecule has 1 aromatic heterocycles. The molecule has 2 fully saturated rings. The lowest BCUT2D eigenvalue weighted by molar-refractivity contribution is 0.0346. The molecule has 10 heteroatoms. The number of aromatic nitrogens is 1. The van der Waals surface area contributed by atoms with Crippen molar-refractivity contribution < 1.29 is 18.3 Å². The maximum absolute atomic E-state index is 12.4. The van der Waals surface area contributed by atoms with Crippen molar-refractivity contribution in [3.8, 4) is 0 Å². The molecule has 1 atom stereocenters. The third-order valence-corrected chi connectivity index (χ3v) is 8.67. The van der Waals surface area contributed by atoms with E-state index in [4.69, 9.17) is 4.74 Å². The lowest BCUT2D eigenvalue weighted by Crippen LogP contribution is -2.51. The van der Waals surface area contributed by atoms with Crippen LogP contribution in [-0.2, 0) is 22.5 Å². The predicted molar refractivity (Wildman–Crippen MR) is 147 cm³/mol. The molecule has 1 aromatic rings. The first-order valence-electron chi connectivity index (χ1n) is 14.2. The topological polar surface area (TPSA) is 107 Å². The summed E-state index contributed by atoms with van der Waals surface area (Å²) in [5.41, 5.74) is 0.839. The number of hydrogen-bond acceptors (Lipinski definition) is 5. The van der Waals surface area contributed by atoms with E-state index in [0.717, 1.165) is 109 Å². The van der Waals surface area contributed by atoms with Crippen molar-refractivity contribution in [2.75, 3.05) is 45.9 Å². The van der Waals surface area contributed by atoms with Crippen LogP contribution >= 0.6 is 0 Å². The summed E-state index contributed by atoms with van der Waals surface area (Å²) in [6, 6.07) is 3.65. The fourth-order valence-electron chi connectivity index (χ4n) is 5.64. The number of unbranched alkanes of at least 4 members (excludes halogenated alkanes) is 4. The number of nitrogens with one attached hydrogen (secondary N) is 2. The zero-order chi connectivity index (χ0) is 26.2. The van der Waals surface area contributed by atoms with Crippen LogP contribution in [0.3, 0.4) is 0 Å². The van der Waals surface area contributed by atoms with Crippen molar-refractivity contribution >= 4 is 17.3 Å². The molecule has 0 aromatic carbocycles. The van der Waals surface area contributed by atoms with Crippen molar-refractivity contribution in [2.24, 2.45) is 0 Å². The van der Waals surface area contributed by atoms with E-state index in [0.29, 0.717) is 19.6 Å². The van der Waals surface area contributed by atoms with Gasteiger partial charge in [0.1, 0.15) is 0 Å². The minimum Gasteiger partial charge on any atom is -0.379 e. The largest absolute Gasteiger partial charge is 0.379 e. The molecule has 9 nitrogen and oxygen atoms in total. The van der Waals surface area contributed by atoms with Crippen LogP contribution in [0.4, 0.5) is 4.79 Å². The van der Waals surface area contributed by atoms with Gasteiger partial charge in [-0.2, -0.15) is 4.31 Å². The van der Waals surface area contributed by atoms with Gasteiger partial charge in [0.25, 0.3) is 0 Å². The van der Waals surface area contributed by atoms with Crippen LogP contribution in [0.2, 0.25) is 0 Å². The number of hydrogen-bond donors (Lipinski definition) is 3. The second-order valence-corrected chi connectivity index (χ2v) is 11.3. The molecule has 2 amide bonds. The van der Waals surface area contributed by atoms with Gasteiger partial charge >= 0.3 is 6.03 Å². The average Bonchev–Trinajstić information content (AvgIpc) is 2.93. The van der Waals surface area contributed by atoms with Gasteiger partial charge in [-0.3, -0.25) is 14.4 Å². The monoisotopic (exact) mass is 537 g/mol. The Morgan fingerprint density at radius 3 is 2.57 bits per heavy atom. The molecule has 0 spiro atoms. The van der Waals surface area contributed by atoms with Gasteiger partial charge in [0.05, 0.1) is 13.2 Å². The number of ether oxygens (including phenoxy) is 1. The summed E-state index contributed by atoms with van der Waals surface area (Å²) in [5, 5.41) is 5.78. The zero-order valence-corrected chi connectivity index (χ0v) is 23.2. The highest BCUT2D eigenvalue weighted by Gasteiger charge is 2.40. The summed E-state index contributed by atoms with van der Waals surface area (Å²) in [6.45, 7) is 6.27. The van der Waals surface area contributed by atoms with E-state index in [1.54, 1.807) is 12.4 Å². The van der Waals surface area contributed by atoms with Gasteiger partial charge in [-0.15, -0.1) is 0 Å². The second kappa shape index (κ2) is 17.1. The van der Waals surface area contributed by atoms with E-state index in [1.165, 1.54) is 6.42 Å². The van der Waals surface area contributed by atoms with E-state index in [1.807, 2.05) is 16.4 Å². The zero-order valence-electron chi connectivity index (χ0n) is 22.4. The lowest BCUT2D eigenvalue weighted by Gasteiger charge is -2.44. The molecule has 1 saturated carbocycles. The number of amides is 2. The Hall–Kier alpha value is -1.59. The number of carbonyl (C=O) groups excluding carboxylic acids is 1. The SMILES string of the molecule is O=C(NCCCCCCCC1(N(CCCN2CCOCC2)S(=O)O)CCCCC1)NCc1cccnc1. The van der Waals surface area contributed by atoms with E-state index < -0.39 is 11.3 Å². The van der Waals surface area contributed by atoms with Crippen LogP contribution in [0.5, 0.6) is 0 Å². The van der Waals surface area contributed by atoms with Gasteiger partial charge in [0.15, 0.2) is 0 Å². The summed E-state index contributed by atoms with van der Waals surface area (Å²) in [7, 11) is 0. The Bertz CT molecular complexity index is 788. The Labute approximate surface area is 225 Å². The van der Waals surface area contributed by atoms with Crippen LogP contribution in [0.25, 0.3) is 0 Å². The molecule has 0 bridgehead atoms. The number of nitrogens with zero attached hydrogens (tertiary/aromatic N) is 3. The number of morpholine rings is 1. The molecule has 3 rings (SSSR count). The van der Waals surface area contributed by atoms with E-state index in [-0.39, 0.29) is 11.6 Å². The first-order chi connectivity index (χ1) is 18.1. The molecule has 210 valence electrons. The van der Waals surface area contributed by atoms with Crippen molar-refractivity contribution in [3.63, 3.8) is 0 Å². The Balaban J connectivity index is 1.31. The van der Waals surface area contributed by atoms with Gasteiger partial charge in [-0.05, 0) is 50.3 Å². The van der Waals surface area contributed by atoms with E-state index >= 15 is 0 Å². The smallest absolute Gasteiger partial charge is 0.315 e. The van der Waals surface area contributed by atoms with Crippen molar-refractivity contribution in [3.05, 3.63) is 30.1 Å². The third-order valence-electron chi connectivity index (χ3n) is 7.72. The number of urea groups is 1. The second-order valence-electron chi connectivity index (χ2n) is 10.4. The highest BCUT2D eigenvalue weighted by molar-refractivity contribution is 7.76. The molecular weight excluding hydrogens is 490 g/mol. The maximum atomic E-state index is 12.4. The van der Waals surface area contributed by atoms with E-state index in [9.17, 15) is 13.6 Å². The molecule has 1 aliphatic carbocycles. The standard InChI is InChI=1S/C27H47N5O4S/c33-26(30-24-25-11-9-15-28-23-25)29-16-8-3-1-2-5-12-27(13-6-4-7-14-27)32(37(34)35)18-10-17-31-19-21-36-22-20-31/h9,11,15,23H,1-8,10,12-14,16-22,24H2,(H,34,35)(H2,29,30,33). The summed E-state index contributed by atoms with van der Waals surface area (Å²) < 4.78 is 30.0. The quantitative estimate of drug-likeness (QED) is 0.217. The maximum Gasteiger partial charge on any atom is 0.315 e. The molecule has 3 N–H and O–H groups in total. The average molecular weight is 538 g/mol. The van der Waals surface area contributed by atoms with E-state index in [2.05, 4.69) is 20.5 Å². The molecule has 37 heavy (non-hydrogen) atoms. The third kappa shape index (κ3) is 11.0. The van der Waals surface area contributed by atoms with Crippen molar-refractivity contribution in [1.82, 2.24) is 24.8 Å². The van der Waals surface area contributed by atoms with Crippen LogP contribution in [-0.4, -0.2) is 80.5 Å². The van der Waals surface area contributed by atoms with Crippen LogP contribution < -0.4 is 10.6 Å². The number of pyridine rings is 1. The Kier molecular flexibility index (Phi) is 13.8. The van der Waals surface area contributed by atoms with Crippen molar-refractivity contribution in [1.29, 1.82) is 0 Å². The summed E-state index contributed by atoms with van der Waals surface area (Å²) in [6.07, 6.45) is 16.3. The highest BCUT2D eigenvalue weighted by atomic mass is 32.2. The fraction of sp³-hybridized carbons (Fsp3) is 0.778. The normalized spacial score (nSPS) is 19.0.